The van der Waals surface area contributed by atoms with Crippen LogP contribution in [0.1, 0.15) is 31.0 Å². The van der Waals surface area contributed by atoms with Crippen LogP contribution in [0.5, 0.6) is 0 Å². The lowest BCUT2D eigenvalue weighted by Gasteiger charge is -2.17. The molecule has 0 aromatic carbocycles. The van der Waals surface area contributed by atoms with Gasteiger partial charge in [-0.25, -0.2) is 4.98 Å². The van der Waals surface area contributed by atoms with Crippen molar-refractivity contribution < 1.29 is 0 Å². The third-order valence-corrected chi connectivity index (χ3v) is 3.81. The van der Waals surface area contributed by atoms with Crippen molar-refractivity contribution in [3.63, 3.8) is 0 Å². The molecule has 98 valence electrons. The summed E-state index contributed by atoms with van der Waals surface area (Å²) in [5, 5.41) is 3.22. The Balaban J connectivity index is 1.77. The Morgan fingerprint density at radius 2 is 2.33 bits per heavy atom. The number of nitrogens with zero attached hydrogens (tertiary/aromatic N) is 2. The van der Waals surface area contributed by atoms with Gasteiger partial charge in [-0.3, -0.25) is 4.79 Å². The van der Waals surface area contributed by atoms with E-state index in [-0.39, 0.29) is 5.56 Å². The number of nitrogens with one attached hydrogen (secondary N) is 2. The van der Waals surface area contributed by atoms with Crippen LogP contribution in [0, 0.1) is 5.92 Å². The molecule has 1 aromatic heterocycles. The maximum Gasteiger partial charge on any atom is 0.252 e. The summed E-state index contributed by atoms with van der Waals surface area (Å²) in [6.45, 7) is 3.05. The highest BCUT2D eigenvalue weighted by atomic mass is 16.1. The zero-order valence-electron chi connectivity index (χ0n) is 10.8. The maximum absolute atomic E-state index is 11.7. The molecule has 1 atom stereocenters. The molecule has 1 saturated heterocycles. The lowest BCUT2D eigenvalue weighted by Crippen LogP contribution is -2.26. The van der Waals surface area contributed by atoms with Gasteiger partial charge in [-0.2, -0.15) is 0 Å². The number of anilines is 1. The van der Waals surface area contributed by atoms with Crippen molar-refractivity contribution >= 4 is 5.82 Å². The standard InChI is InChI=1S/C13H20N4O/c1-14-7-9-4-5-17(8-9)11-6-12(18)16-13(15-11)10-2-3-10/h6,9-10,14H,2-5,7-8H2,1H3,(H,15,16,18). The van der Waals surface area contributed by atoms with Gasteiger partial charge in [-0.1, -0.05) is 0 Å². The Morgan fingerprint density at radius 1 is 1.50 bits per heavy atom. The van der Waals surface area contributed by atoms with Gasteiger partial charge in [-0.05, 0) is 38.8 Å². The topological polar surface area (TPSA) is 61.0 Å². The monoisotopic (exact) mass is 248 g/mol. The molecule has 0 amide bonds. The second-order valence-electron chi connectivity index (χ2n) is 5.42. The number of aromatic amines is 1. The molecule has 1 unspecified atom stereocenters. The first-order valence-corrected chi connectivity index (χ1v) is 6.77. The first-order chi connectivity index (χ1) is 8.76. The fourth-order valence-electron chi connectivity index (χ4n) is 2.67. The van der Waals surface area contributed by atoms with Crippen LogP contribution in [0.2, 0.25) is 0 Å². The Hall–Kier alpha value is -1.36. The predicted octanol–water partition coefficient (Wildman–Crippen LogP) is 0.693. The van der Waals surface area contributed by atoms with Crippen molar-refractivity contribution in [2.75, 3.05) is 31.6 Å². The van der Waals surface area contributed by atoms with Gasteiger partial charge in [0.15, 0.2) is 0 Å². The molecule has 5 nitrogen and oxygen atoms in total. The number of hydrogen-bond donors (Lipinski definition) is 2. The summed E-state index contributed by atoms with van der Waals surface area (Å²) in [6.07, 6.45) is 3.50. The highest BCUT2D eigenvalue weighted by Crippen LogP contribution is 2.38. The van der Waals surface area contributed by atoms with Crippen molar-refractivity contribution in [2.24, 2.45) is 5.92 Å². The average molecular weight is 248 g/mol. The van der Waals surface area contributed by atoms with E-state index in [0.717, 1.165) is 44.1 Å². The van der Waals surface area contributed by atoms with Gasteiger partial charge in [0.25, 0.3) is 5.56 Å². The Bertz CT molecular complexity index is 480. The molecule has 0 spiro atoms. The van der Waals surface area contributed by atoms with Crippen LogP contribution in [0.3, 0.4) is 0 Å². The molecule has 1 aromatic rings. The molecular formula is C13H20N4O. The molecule has 0 radical (unpaired) electrons. The minimum Gasteiger partial charge on any atom is -0.356 e. The molecule has 3 rings (SSSR count). The number of H-pyrrole nitrogens is 1. The van der Waals surface area contributed by atoms with Crippen LogP contribution in [-0.2, 0) is 0 Å². The van der Waals surface area contributed by atoms with Gasteiger partial charge in [0.05, 0.1) is 0 Å². The minimum atomic E-state index is -0.0148. The summed E-state index contributed by atoms with van der Waals surface area (Å²) >= 11 is 0. The van der Waals surface area contributed by atoms with Crippen LogP contribution in [0.15, 0.2) is 10.9 Å². The van der Waals surface area contributed by atoms with Crippen LogP contribution in [0.25, 0.3) is 0 Å². The van der Waals surface area contributed by atoms with E-state index >= 15 is 0 Å². The molecule has 1 aliphatic carbocycles. The summed E-state index contributed by atoms with van der Waals surface area (Å²) in [4.78, 5) is 21.4. The molecule has 2 fully saturated rings. The van der Waals surface area contributed by atoms with Gasteiger partial charge >= 0.3 is 0 Å². The highest BCUT2D eigenvalue weighted by Gasteiger charge is 2.28. The van der Waals surface area contributed by atoms with E-state index in [1.807, 2.05) is 7.05 Å². The second kappa shape index (κ2) is 4.72. The second-order valence-corrected chi connectivity index (χ2v) is 5.42. The van der Waals surface area contributed by atoms with Crippen molar-refractivity contribution in [1.82, 2.24) is 15.3 Å². The van der Waals surface area contributed by atoms with Crippen molar-refractivity contribution in [2.45, 2.75) is 25.2 Å². The summed E-state index contributed by atoms with van der Waals surface area (Å²) in [7, 11) is 1.99. The smallest absolute Gasteiger partial charge is 0.252 e. The summed E-state index contributed by atoms with van der Waals surface area (Å²) in [5.74, 6) is 2.91. The third kappa shape index (κ3) is 2.41. The number of rotatable bonds is 4. The van der Waals surface area contributed by atoms with Crippen molar-refractivity contribution in [3.8, 4) is 0 Å². The third-order valence-electron chi connectivity index (χ3n) is 3.81. The fraction of sp³-hybridized carbons (Fsp3) is 0.692. The van der Waals surface area contributed by atoms with Gasteiger partial charge < -0.3 is 15.2 Å². The largest absolute Gasteiger partial charge is 0.356 e. The molecule has 1 saturated carbocycles. The van der Waals surface area contributed by atoms with E-state index in [1.165, 1.54) is 6.42 Å². The van der Waals surface area contributed by atoms with Gasteiger partial charge in [0.2, 0.25) is 0 Å². The van der Waals surface area contributed by atoms with Crippen LogP contribution >= 0.6 is 0 Å². The Kier molecular flexibility index (Phi) is 3.07. The normalized spacial score (nSPS) is 23.6. The van der Waals surface area contributed by atoms with Gasteiger partial charge in [-0.15, -0.1) is 0 Å². The Labute approximate surface area is 107 Å². The van der Waals surface area contributed by atoms with E-state index in [0.29, 0.717) is 11.8 Å². The number of hydrogen-bond acceptors (Lipinski definition) is 4. The lowest BCUT2D eigenvalue weighted by molar-refractivity contribution is 0.549. The first-order valence-electron chi connectivity index (χ1n) is 6.77. The minimum absolute atomic E-state index is 0.0148. The molecule has 1 aliphatic heterocycles. The predicted molar refractivity (Wildman–Crippen MR) is 71.1 cm³/mol. The van der Waals surface area contributed by atoms with Crippen molar-refractivity contribution in [1.29, 1.82) is 0 Å². The van der Waals surface area contributed by atoms with Crippen LogP contribution < -0.4 is 15.8 Å². The van der Waals surface area contributed by atoms with Gasteiger partial charge in [0, 0.05) is 25.1 Å². The van der Waals surface area contributed by atoms with Crippen LogP contribution in [0.4, 0.5) is 5.82 Å². The molecule has 5 heteroatoms. The first kappa shape index (κ1) is 11.7. The Morgan fingerprint density at radius 3 is 3.06 bits per heavy atom. The van der Waals surface area contributed by atoms with Gasteiger partial charge in [0.1, 0.15) is 11.6 Å². The van der Waals surface area contributed by atoms with E-state index in [4.69, 9.17) is 0 Å². The highest BCUT2D eigenvalue weighted by molar-refractivity contribution is 5.39. The summed E-state index contributed by atoms with van der Waals surface area (Å²) in [5.41, 5.74) is -0.0148. The lowest BCUT2D eigenvalue weighted by atomic mass is 10.1. The molecule has 18 heavy (non-hydrogen) atoms. The van der Waals surface area contributed by atoms with E-state index < -0.39 is 0 Å². The molecular weight excluding hydrogens is 228 g/mol. The maximum atomic E-state index is 11.7. The van der Waals surface area contributed by atoms with E-state index in [9.17, 15) is 4.79 Å². The molecule has 2 N–H and O–H groups in total. The zero-order chi connectivity index (χ0) is 12.5. The molecule has 0 bridgehead atoms. The molecule has 2 heterocycles. The molecule has 2 aliphatic rings. The number of aromatic nitrogens is 2. The zero-order valence-corrected chi connectivity index (χ0v) is 10.8. The summed E-state index contributed by atoms with van der Waals surface area (Å²) in [6, 6.07) is 1.63. The SMILES string of the molecule is CNCC1CCN(c2cc(=O)[nH]c(C3CC3)n2)C1. The van der Waals surface area contributed by atoms with E-state index in [2.05, 4.69) is 20.2 Å². The van der Waals surface area contributed by atoms with Crippen molar-refractivity contribution in [3.05, 3.63) is 22.2 Å². The van der Waals surface area contributed by atoms with E-state index in [1.54, 1.807) is 6.07 Å². The summed E-state index contributed by atoms with van der Waals surface area (Å²) < 4.78 is 0. The fourth-order valence-corrected chi connectivity index (χ4v) is 2.67. The average Bonchev–Trinajstić information content (AvgIpc) is 3.10. The van der Waals surface area contributed by atoms with Crippen LogP contribution in [-0.4, -0.2) is 36.6 Å². The quantitative estimate of drug-likeness (QED) is 0.823.